The van der Waals surface area contributed by atoms with Gasteiger partial charge in [-0.1, -0.05) is 0 Å². The number of benzene rings is 1. The van der Waals surface area contributed by atoms with E-state index in [1.807, 2.05) is 34.6 Å². The molecule has 2 aliphatic heterocycles. The van der Waals surface area contributed by atoms with Crippen molar-refractivity contribution in [2.45, 2.75) is 70.9 Å². The molecule has 0 aliphatic carbocycles. The molecule has 6 heteroatoms. The van der Waals surface area contributed by atoms with Gasteiger partial charge in [-0.15, -0.1) is 0 Å². The van der Waals surface area contributed by atoms with Crippen molar-refractivity contribution in [3.05, 3.63) is 27.8 Å². The number of aliphatic carboxylic acids is 1. The third-order valence-corrected chi connectivity index (χ3v) is 8.51. The fourth-order valence-corrected chi connectivity index (χ4v) is 7.02. The zero-order chi connectivity index (χ0) is 18.0. The van der Waals surface area contributed by atoms with Crippen LogP contribution in [0.2, 0.25) is 0 Å². The van der Waals surface area contributed by atoms with Crippen molar-refractivity contribution < 1.29 is 18.3 Å². The summed E-state index contributed by atoms with van der Waals surface area (Å²) >= 11 is 0. The Hall–Kier alpha value is -1.40. The fourth-order valence-electron chi connectivity index (χ4n) is 4.54. The number of carboxylic acid groups (broad SMARTS) is 1. The quantitative estimate of drug-likeness (QED) is 0.909. The predicted octanol–water partition coefficient (Wildman–Crippen LogP) is 2.85. The molecular weight excluding hydrogens is 326 g/mol. The molecule has 0 radical (unpaired) electrons. The maximum Gasteiger partial charge on any atom is 0.308 e. The molecule has 1 aromatic carbocycles. The first kappa shape index (κ1) is 17.4. The molecule has 24 heavy (non-hydrogen) atoms. The number of carboxylic acids is 1. The van der Waals surface area contributed by atoms with E-state index in [0.717, 1.165) is 34.2 Å². The molecule has 2 fully saturated rings. The minimum atomic E-state index is -3.69. The Labute approximate surface area is 143 Å². The predicted molar refractivity (Wildman–Crippen MR) is 91.7 cm³/mol. The summed E-state index contributed by atoms with van der Waals surface area (Å²) in [4.78, 5) is 11.8. The molecule has 2 heterocycles. The van der Waals surface area contributed by atoms with Crippen LogP contribution < -0.4 is 0 Å². The van der Waals surface area contributed by atoms with Gasteiger partial charge in [0, 0.05) is 12.1 Å². The van der Waals surface area contributed by atoms with Crippen LogP contribution in [0, 0.1) is 40.5 Å². The Kier molecular flexibility index (Phi) is 4.04. The molecule has 1 N–H and O–H groups in total. The maximum absolute atomic E-state index is 13.5. The molecule has 132 valence electrons. The van der Waals surface area contributed by atoms with Crippen LogP contribution in [0.4, 0.5) is 0 Å². The lowest BCUT2D eigenvalue weighted by atomic mass is 9.89. The van der Waals surface area contributed by atoms with Crippen molar-refractivity contribution >= 4 is 16.0 Å². The number of hydrogen-bond acceptors (Lipinski definition) is 3. The summed E-state index contributed by atoms with van der Waals surface area (Å²) in [5.41, 5.74) is 4.69. The van der Waals surface area contributed by atoms with Crippen molar-refractivity contribution in [2.24, 2.45) is 5.92 Å². The summed E-state index contributed by atoms with van der Waals surface area (Å²) in [7, 11) is -3.69. The molecule has 3 atom stereocenters. The van der Waals surface area contributed by atoms with Gasteiger partial charge in [0.05, 0.1) is 10.8 Å². The van der Waals surface area contributed by atoms with Gasteiger partial charge in [0.2, 0.25) is 10.0 Å². The Balaban J connectivity index is 2.16. The van der Waals surface area contributed by atoms with Crippen LogP contribution in [0.5, 0.6) is 0 Å². The average Bonchev–Trinajstić information content (AvgIpc) is 3.09. The van der Waals surface area contributed by atoms with E-state index in [-0.39, 0.29) is 6.04 Å². The summed E-state index contributed by atoms with van der Waals surface area (Å²) in [6.45, 7) is 9.63. The summed E-state index contributed by atoms with van der Waals surface area (Å²) in [5.74, 6) is -1.46. The second kappa shape index (κ2) is 5.56. The lowest BCUT2D eigenvalue weighted by Crippen LogP contribution is -2.38. The normalized spacial score (nSPS) is 27.0. The Morgan fingerprint density at radius 2 is 1.46 bits per heavy atom. The summed E-state index contributed by atoms with van der Waals surface area (Å²) < 4.78 is 28.4. The molecule has 2 aliphatic rings. The van der Waals surface area contributed by atoms with Gasteiger partial charge in [0.25, 0.3) is 0 Å². The van der Waals surface area contributed by atoms with Gasteiger partial charge in [-0.3, -0.25) is 4.79 Å². The highest BCUT2D eigenvalue weighted by Crippen LogP contribution is 2.46. The van der Waals surface area contributed by atoms with Crippen molar-refractivity contribution in [3.8, 4) is 0 Å². The van der Waals surface area contributed by atoms with E-state index in [1.54, 1.807) is 0 Å². The van der Waals surface area contributed by atoms with Gasteiger partial charge < -0.3 is 5.11 Å². The van der Waals surface area contributed by atoms with Crippen molar-refractivity contribution in [2.75, 3.05) is 0 Å². The first-order chi connectivity index (χ1) is 11.1. The van der Waals surface area contributed by atoms with Gasteiger partial charge in [-0.25, -0.2) is 8.42 Å². The number of sulfonamides is 1. The maximum atomic E-state index is 13.5. The van der Waals surface area contributed by atoms with E-state index in [2.05, 4.69) is 0 Å². The molecule has 2 bridgehead atoms. The minimum Gasteiger partial charge on any atom is -0.481 e. The second-order valence-corrected chi connectivity index (χ2v) is 9.05. The van der Waals surface area contributed by atoms with Gasteiger partial charge in [0.15, 0.2) is 0 Å². The Morgan fingerprint density at radius 3 is 1.92 bits per heavy atom. The molecule has 0 aromatic heterocycles. The summed E-state index contributed by atoms with van der Waals surface area (Å²) in [5, 5.41) is 9.40. The lowest BCUT2D eigenvalue weighted by Gasteiger charge is -2.26. The van der Waals surface area contributed by atoms with Crippen molar-refractivity contribution in [3.63, 3.8) is 0 Å². The number of nitrogens with zero attached hydrogens (tertiary/aromatic N) is 1. The van der Waals surface area contributed by atoms with E-state index in [1.165, 1.54) is 4.31 Å². The van der Waals surface area contributed by atoms with E-state index < -0.39 is 28.0 Å². The largest absolute Gasteiger partial charge is 0.481 e. The molecule has 3 rings (SSSR count). The fraction of sp³-hybridized carbons (Fsp3) is 0.611. The van der Waals surface area contributed by atoms with E-state index in [9.17, 15) is 18.3 Å². The highest BCUT2D eigenvalue weighted by Gasteiger charge is 2.54. The molecule has 2 saturated heterocycles. The number of fused-ring (bicyclic) bond motifs is 2. The number of rotatable bonds is 3. The zero-order valence-electron chi connectivity index (χ0n) is 14.9. The second-order valence-electron chi connectivity index (χ2n) is 7.27. The topological polar surface area (TPSA) is 74.7 Å². The Bertz CT molecular complexity index is 799. The molecule has 1 aromatic rings. The molecule has 5 nitrogen and oxygen atoms in total. The van der Waals surface area contributed by atoms with Gasteiger partial charge >= 0.3 is 5.97 Å². The van der Waals surface area contributed by atoms with Crippen molar-refractivity contribution in [1.29, 1.82) is 0 Å². The van der Waals surface area contributed by atoms with Crippen LogP contribution in [-0.4, -0.2) is 35.9 Å². The van der Waals surface area contributed by atoms with Crippen LogP contribution in [-0.2, 0) is 14.8 Å². The van der Waals surface area contributed by atoms with Crippen molar-refractivity contribution in [1.82, 2.24) is 4.31 Å². The smallest absolute Gasteiger partial charge is 0.308 e. The van der Waals surface area contributed by atoms with E-state index in [4.69, 9.17) is 0 Å². The summed E-state index contributed by atoms with van der Waals surface area (Å²) in [6, 6.07) is -0.583. The molecule has 3 unspecified atom stereocenters. The van der Waals surface area contributed by atoms with Crippen LogP contribution in [0.15, 0.2) is 4.90 Å². The lowest BCUT2D eigenvalue weighted by molar-refractivity contribution is -0.142. The van der Waals surface area contributed by atoms with Crippen LogP contribution in [0.25, 0.3) is 0 Å². The summed E-state index contributed by atoms with van der Waals surface area (Å²) in [6.07, 6.45) is 1.83. The third-order valence-electron chi connectivity index (χ3n) is 6.26. The Morgan fingerprint density at radius 1 is 0.958 bits per heavy atom. The first-order valence-corrected chi connectivity index (χ1v) is 9.86. The van der Waals surface area contributed by atoms with Crippen LogP contribution in [0.3, 0.4) is 0 Å². The van der Waals surface area contributed by atoms with E-state index in [0.29, 0.717) is 17.7 Å². The monoisotopic (exact) mass is 351 g/mol. The number of carbonyl (C=O) groups is 1. The zero-order valence-corrected chi connectivity index (χ0v) is 15.7. The molecule has 0 saturated carbocycles. The number of hydrogen-bond donors (Lipinski definition) is 1. The first-order valence-electron chi connectivity index (χ1n) is 8.42. The van der Waals surface area contributed by atoms with Gasteiger partial charge in [0.1, 0.15) is 0 Å². The standard InChI is InChI=1S/C18H25NO4S/c1-9-10(2)12(4)17(13(5)11(9)3)24(22,23)19-14-6-7-16(19)15(8-14)18(20)21/h14-16H,6-8H2,1-5H3,(H,20,21). The molecule has 0 amide bonds. The highest BCUT2D eigenvalue weighted by molar-refractivity contribution is 7.89. The molecule has 0 spiro atoms. The van der Waals surface area contributed by atoms with Crippen LogP contribution >= 0.6 is 0 Å². The average molecular weight is 351 g/mol. The highest BCUT2D eigenvalue weighted by atomic mass is 32.2. The minimum absolute atomic E-state index is 0.179. The third kappa shape index (κ3) is 2.23. The van der Waals surface area contributed by atoms with Gasteiger partial charge in [-0.2, -0.15) is 4.31 Å². The SMILES string of the molecule is Cc1c(C)c(C)c(S(=O)(=O)N2C3CCC2C(C(=O)O)C3)c(C)c1C. The molecular formula is C18H25NO4S. The van der Waals surface area contributed by atoms with Crippen LogP contribution in [0.1, 0.15) is 47.1 Å². The van der Waals surface area contributed by atoms with Gasteiger partial charge in [-0.05, 0) is 81.7 Å². The van der Waals surface area contributed by atoms with E-state index >= 15 is 0 Å².